The Morgan fingerprint density at radius 1 is 1.37 bits per heavy atom. The molecule has 1 atom stereocenters. The normalized spacial score (nSPS) is 18.9. The van der Waals surface area contributed by atoms with Gasteiger partial charge in [-0.15, -0.1) is 0 Å². The molecule has 98 valence electrons. The number of carboxylic acid groups (broad SMARTS) is 1. The summed E-state index contributed by atoms with van der Waals surface area (Å²) in [5, 5.41) is 8.94. The lowest BCUT2D eigenvalue weighted by atomic mass is 10.1. The molecule has 1 unspecified atom stereocenters. The van der Waals surface area contributed by atoms with Gasteiger partial charge in [-0.2, -0.15) is 0 Å². The molecule has 1 fully saturated rings. The minimum atomic E-state index is -0.766. The maximum Gasteiger partial charge on any atom is 0.305 e. The molecule has 2 aromatic heterocycles. The van der Waals surface area contributed by atoms with Crippen LogP contribution in [0, 0.1) is 0 Å². The van der Waals surface area contributed by atoms with E-state index in [2.05, 4.69) is 19.9 Å². The van der Waals surface area contributed by atoms with Crippen LogP contribution in [0.15, 0.2) is 24.5 Å². The highest BCUT2D eigenvalue weighted by Gasteiger charge is 2.27. The number of carbonyl (C=O) groups is 1. The van der Waals surface area contributed by atoms with Crippen molar-refractivity contribution in [1.29, 1.82) is 0 Å². The Bertz CT molecular complexity index is 616. The highest BCUT2D eigenvalue weighted by Crippen LogP contribution is 2.26. The SMILES string of the molecule is O=C(O)CC1CCCN1c1ccc2nccnc2n1. The second-order valence-corrected chi connectivity index (χ2v) is 4.66. The third-order valence-electron chi connectivity index (χ3n) is 3.40. The van der Waals surface area contributed by atoms with Crippen LogP contribution in [0.1, 0.15) is 19.3 Å². The summed E-state index contributed by atoms with van der Waals surface area (Å²) in [6.07, 6.45) is 5.29. The van der Waals surface area contributed by atoms with Crippen LogP contribution in [0.3, 0.4) is 0 Å². The van der Waals surface area contributed by atoms with Crippen LogP contribution in [-0.4, -0.2) is 38.6 Å². The van der Waals surface area contributed by atoms with Crippen molar-refractivity contribution in [1.82, 2.24) is 15.0 Å². The molecule has 6 heteroatoms. The van der Waals surface area contributed by atoms with E-state index in [1.807, 2.05) is 12.1 Å². The summed E-state index contributed by atoms with van der Waals surface area (Å²) in [5.41, 5.74) is 1.35. The predicted molar refractivity (Wildman–Crippen MR) is 70.0 cm³/mol. The second-order valence-electron chi connectivity index (χ2n) is 4.66. The standard InChI is InChI=1S/C13H14N4O2/c18-12(19)8-9-2-1-7-17(9)11-4-3-10-13(16-11)15-6-5-14-10/h3-6,9H,1-2,7-8H2,(H,18,19). The number of hydrogen-bond donors (Lipinski definition) is 1. The molecule has 1 aliphatic rings. The average molecular weight is 258 g/mol. The van der Waals surface area contributed by atoms with E-state index in [0.717, 1.165) is 30.7 Å². The zero-order valence-corrected chi connectivity index (χ0v) is 10.4. The molecule has 0 spiro atoms. The molecule has 3 rings (SSSR count). The molecule has 0 amide bonds. The Balaban J connectivity index is 1.92. The maximum absolute atomic E-state index is 10.9. The molecule has 1 N–H and O–H groups in total. The summed E-state index contributed by atoms with van der Waals surface area (Å²) in [6.45, 7) is 0.844. The molecule has 3 heterocycles. The third kappa shape index (κ3) is 2.33. The van der Waals surface area contributed by atoms with Crippen LogP contribution in [0.4, 0.5) is 5.82 Å². The van der Waals surface area contributed by atoms with Gasteiger partial charge in [-0.25, -0.2) is 9.97 Å². The molecule has 1 aliphatic heterocycles. The van der Waals surface area contributed by atoms with Crippen molar-refractivity contribution in [2.45, 2.75) is 25.3 Å². The van der Waals surface area contributed by atoms with Crippen molar-refractivity contribution in [3.8, 4) is 0 Å². The van der Waals surface area contributed by atoms with Crippen molar-refractivity contribution in [2.75, 3.05) is 11.4 Å². The molecule has 6 nitrogen and oxygen atoms in total. The summed E-state index contributed by atoms with van der Waals surface area (Å²) in [4.78, 5) is 25.8. The molecule has 1 saturated heterocycles. The van der Waals surface area contributed by atoms with Gasteiger partial charge in [0.05, 0.1) is 6.42 Å². The Morgan fingerprint density at radius 3 is 3.05 bits per heavy atom. The van der Waals surface area contributed by atoms with Crippen LogP contribution in [0.25, 0.3) is 11.2 Å². The van der Waals surface area contributed by atoms with Crippen LogP contribution in [0.2, 0.25) is 0 Å². The van der Waals surface area contributed by atoms with E-state index < -0.39 is 5.97 Å². The fraction of sp³-hybridized carbons (Fsp3) is 0.385. The van der Waals surface area contributed by atoms with Gasteiger partial charge in [0.1, 0.15) is 11.3 Å². The first kappa shape index (κ1) is 11.8. The van der Waals surface area contributed by atoms with Gasteiger partial charge in [-0.3, -0.25) is 9.78 Å². The topological polar surface area (TPSA) is 79.2 Å². The molecule has 0 bridgehead atoms. The minimum absolute atomic E-state index is 0.0270. The number of carboxylic acids is 1. The van der Waals surface area contributed by atoms with Gasteiger partial charge in [-0.05, 0) is 25.0 Å². The van der Waals surface area contributed by atoms with Crippen LogP contribution in [-0.2, 0) is 4.79 Å². The lowest BCUT2D eigenvalue weighted by molar-refractivity contribution is -0.137. The first-order valence-corrected chi connectivity index (χ1v) is 6.30. The smallest absolute Gasteiger partial charge is 0.305 e. The van der Waals surface area contributed by atoms with Crippen LogP contribution >= 0.6 is 0 Å². The summed E-state index contributed by atoms with van der Waals surface area (Å²) in [6, 6.07) is 3.79. The van der Waals surface area contributed by atoms with Crippen molar-refractivity contribution in [3.05, 3.63) is 24.5 Å². The van der Waals surface area contributed by atoms with Gasteiger partial charge in [-0.1, -0.05) is 0 Å². The van der Waals surface area contributed by atoms with E-state index in [1.54, 1.807) is 12.4 Å². The third-order valence-corrected chi connectivity index (χ3v) is 3.40. The highest BCUT2D eigenvalue weighted by molar-refractivity contribution is 5.72. The van der Waals surface area contributed by atoms with Crippen LogP contribution < -0.4 is 4.90 Å². The van der Waals surface area contributed by atoms with Crippen molar-refractivity contribution in [2.24, 2.45) is 0 Å². The van der Waals surface area contributed by atoms with Crippen molar-refractivity contribution < 1.29 is 9.90 Å². The van der Waals surface area contributed by atoms with E-state index in [-0.39, 0.29) is 12.5 Å². The molecule has 2 aromatic rings. The van der Waals surface area contributed by atoms with Gasteiger partial charge in [0.25, 0.3) is 0 Å². The number of pyridine rings is 1. The summed E-state index contributed by atoms with van der Waals surface area (Å²) >= 11 is 0. The Kier molecular flexibility index (Phi) is 2.98. The first-order chi connectivity index (χ1) is 9.24. The van der Waals surface area contributed by atoms with E-state index in [9.17, 15) is 4.79 Å². The Labute approximate surface area is 110 Å². The van der Waals surface area contributed by atoms with E-state index in [4.69, 9.17) is 5.11 Å². The number of hydrogen-bond acceptors (Lipinski definition) is 5. The van der Waals surface area contributed by atoms with Crippen molar-refractivity contribution in [3.63, 3.8) is 0 Å². The number of rotatable bonds is 3. The number of aromatic nitrogens is 3. The predicted octanol–water partition coefficient (Wildman–Crippen LogP) is 1.47. The van der Waals surface area contributed by atoms with Crippen molar-refractivity contribution >= 4 is 23.0 Å². The lowest BCUT2D eigenvalue weighted by Crippen LogP contribution is -2.31. The quantitative estimate of drug-likeness (QED) is 0.898. The van der Waals surface area contributed by atoms with E-state index >= 15 is 0 Å². The highest BCUT2D eigenvalue weighted by atomic mass is 16.4. The zero-order valence-electron chi connectivity index (χ0n) is 10.4. The van der Waals surface area contributed by atoms with Gasteiger partial charge in [0.2, 0.25) is 0 Å². The molecule has 0 saturated carbocycles. The number of anilines is 1. The van der Waals surface area contributed by atoms with Crippen LogP contribution in [0.5, 0.6) is 0 Å². The summed E-state index contributed by atoms with van der Waals surface area (Å²) in [7, 11) is 0. The lowest BCUT2D eigenvalue weighted by Gasteiger charge is -2.24. The fourth-order valence-electron chi connectivity index (χ4n) is 2.56. The molecule has 0 aliphatic carbocycles. The largest absolute Gasteiger partial charge is 0.481 e. The molecule has 0 aromatic carbocycles. The molecule has 19 heavy (non-hydrogen) atoms. The van der Waals surface area contributed by atoms with Gasteiger partial charge >= 0.3 is 5.97 Å². The van der Waals surface area contributed by atoms with Gasteiger partial charge in [0, 0.05) is 25.0 Å². The first-order valence-electron chi connectivity index (χ1n) is 6.30. The second kappa shape index (κ2) is 4.79. The minimum Gasteiger partial charge on any atom is -0.481 e. The van der Waals surface area contributed by atoms with E-state index in [1.165, 1.54) is 0 Å². The average Bonchev–Trinajstić information content (AvgIpc) is 2.85. The van der Waals surface area contributed by atoms with Gasteiger partial charge in [0.15, 0.2) is 5.65 Å². The Morgan fingerprint density at radius 2 is 2.21 bits per heavy atom. The number of nitrogens with zero attached hydrogens (tertiary/aromatic N) is 4. The molecule has 0 radical (unpaired) electrons. The summed E-state index contributed by atoms with van der Waals surface area (Å²) < 4.78 is 0. The number of fused-ring (bicyclic) bond motifs is 1. The van der Waals surface area contributed by atoms with E-state index in [0.29, 0.717) is 5.65 Å². The van der Waals surface area contributed by atoms with Gasteiger partial charge < -0.3 is 10.0 Å². The number of aliphatic carboxylic acids is 1. The zero-order chi connectivity index (χ0) is 13.2. The Hall–Kier alpha value is -2.24. The fourth-order valence-corrected chi connectivity index (χ4v) is 2.56. The summed E-state index contributed by atoms with van der Waals surface area (Å²) in [5.74, 6) is 0.0224. The monoisotopic (exact) mass is 258 g/mol. The molecular formula is C13H14N4O2. The molecular weight excluding hydrogens is 244 g/mol. The maximum atomic E-state index is 10.9.